The molecule has 8 nitrogen and oxygen atoms in total. The quantitative estimate of drug-likeness (QED) is 0.554. The zero-order valence-electron chi connectivity index (χ0n) is 21.0. The summed E-state index contributed by atoms with van der Waals surface area (Å²) in [6.45, 7) is 1.55. The molecule has 0 saturated heterocycles. The Morgan fingerprint density at radius 2 is 1.67 bits per heavy atom. The van der Waals surface area contributed by atoms with Crippen LogP contribution in [0.25, 0.3) is 5.69 Å². The van der Waals surface area contributed by atoms with Crippen molar-refractivity contribution in [3.05, 3.63) is 71.0 Å². The van der Waals surface area contributed by atoms with Gasteiger partial charge in [0.1, 0.15) is 11.4 Å². The fourth-order valence-corrected chi connectivity index (χ4v) is 5.84. The standard InChI is InChI=1S/C28H31N5O3/c1-31(2)16-27(12-13-27)18-4-6-19(7-5-18)32-17-28(14-15-28)22-23(25(29)34)30-33(24(22)26(32)35)20-8-10-21(36-3)11-9-20/h4-11H,12-17H2,1-3H3,(H2,29,34). The number of ether oxygens (including phenoxy) is 1. The van der Waals surface area contributed by atoms with Crippen molar-refractivity contribution in [2.75, 3.05) is 39.2 Å². The molecule has 2 heterocycles. The number of fused-ring (bicyclic) bond motifs is 2. The second-order valence-corrected chi connectivity index (χ2v) is 10.8. The highest BCUT2D eigenvalue weighted by molar-refractivity contribution is 6.10. The Morgan fingerprint density at radius 3 is 2.19 bits per heavy atom. The van der Waals surface area contributed by atoms with Gasteiger partial charge in [-0.2, -0.15) is 5.10 Å². The summed E-state index contributed by atoms with van der Waals surface area (Å²) < 4.78 is 6.86. The zero-order valence-corrected chi connectivity index (χ0v) is 21.0. The van der Waals surface area contributed by atoms with Crippen molar-refractivity contribution in [2.24, 2.45) is 5.73 Å². The average Bonchev–Trinajstić information content (AvgIpc) is 3.78. The number of likely N-dealkylation sites (N-methyl/N-ethyl adjacent to an activating group) is 1. The summed E-state index contributed by atoms with van der Waals surface area (Å²) in [4.78, 5) is 30.5. The van der Waals surface area contributed by atoms with Crippen molar-refractivity contribution in [3.8, 4) is 11.4 Å². The number of nitrogens with two attached hydrogens (primary N) is 1. The van der Waals surface area contributed by atoms with Crippen molar-refractivity contribution in [1.29, 1.82) is 0 Å². The molecule has 0 bridgehead atoms. The number of hydrogen-bond acceptors (Lipinski definition) is 5. The van der Waals surface area contributed by atoms with E-state index in [-0.39, 0.29) is 22.4 Å². The van der Waals surface area contributed by atoms with Gasteiger partial charge in [0.05, 0.1) is 12.8 Å². The largest absolute Gasteiger partial charge is 0.497 e. The lowest BCUT2D eigenvalue weighted by Gasteiger charge is -2.34. The van der Waals surface area contributed by atoms with Gasteiger partial charge in [-0.15, -0.1) is 0 Å². The highest BCUT2D eigenvalue weighted by atomic mass is 16.5. The third kappa shape index (κ3) is 3.51. The molecule has 36 heavy (non-hydrogen) atoms. The average molecular weight is 486 g/mol. The molecule has 6 rings (SSSR count). The minimum absolute atomic E-state index is 0.166. The summed E-state index contributed by atoms with van der Waals surface area (Å²) in [5.74, 6) is -0.0733. The Labute approximate surface area is 210 Å². The fraction of sp³-hybridized carbons (Fsp3) is 0.393. The van der Waals surface area contributed by atoms with Gasteiger partial charge in [0.25, 0.3) is 11.8 Å². The molecule has 0 unspecified atom stereocenters. The SMILES string of the molecule is COc1ccc(-n2nc(C(N)=O)c3c2C(=O)N(c2ccc(C4(CN(C)C)CC4)cc2)CC32CC2)cc1. The van der Waals surface area contributed by atoms with E-state index in [9.17, 15) is 9.59 Å². The first kappa shape index (κ1) is 22.8. The van der Waals surface area contributed by atoms with Crippen LogP contribution in [-0.2, 0) is 10.8 Å². The Hall–Kier alpha value is -3.65. The molecule has 8 heteroatoms. The van der Waals surface area contributed by atoms with Crippen LogP contribution >= 0.6 is 0 Å². The number of methoxy groups -OCH3 is 1. The number of aromatic nitrogens is 2. The molecule has 2 N–H and O–H groups in total. The minimum Gasteiger partial charge on any atom is -0.497 e. The van der Waals surface area contributed by atoms with E-state index in [1.807, 2.05) is 29.2 Å². The topological polar surface area (TPSA) is 93.7 Å². The molecule has 1 aromatic heterocycles. The molecule has 2 aromatic carbocycles. The van der Waals surface area contributed by atoms with Gasteiger partial charge in [-0.05, 0) is 81.7 Å². The normalized spacial score (nSPS) is 18.9. The lowest BCUT2D eigenvalue weighted by Crippen LogP contribution is -2.44. The number of anilines is 1. The number of carbonyl (C=O) groups is 2. The number of carbonyl (C=O) groups excluding carboxylic acids is 2. The van der Waals surface area contributed by atoms with Crippen LogP contribution in [0.3, 0.4) is 0 Å². The summed E-state index contributed by atoms with van der Waals surface area (Å²) in [7, 11) is 5.82. The van der Waals surface area contributed by atoms with Gasteiger partial charge in [0, 0.05) is 35.2 Å². The second kappa shape index (κ2) is 7.93. The smallest absolute Gasteiger partial charge is 0.277 e. The first-order chi connectivity index (χ1) is 17.3. The van der Waals surface area contributed by atoms with Crippen LogP contribution in [0.2, 0.25) is 0 Å². The van der Waals surface area contributed by atoms with E-state index in [0.29, 0.717) is 29.2 Å². The van der Waals surface area contributed by atoms with Gasteiger partial charge in [-0.25, -0.2) is 4.68 Å². The van der Waals surface area contributed by atoms with Crippen LogP contribution in [0.5, 0.6) is 5.75 Å². The van der Waals surface area contributed by atoms with Gasteiger partial charge in [-0.1, -0.05) is 12.1 Å². The summed E-state index contributed by atoms with van der Waals surface area (Å²) in [6.07, 6.45) is 4.16. The van der Waals surface area contributed by atoms with Gasteiger partial charge >= 0.3 is 0 Å². The van der Waals surface area contributed by atoms with E-state index in [1.165, 1.54) is 18.4 Å². The Kier molecular flexibility index (Phi) is 5.02. The maximum atomic E-state index is 14.0. The minimum atomic E-state index is -0.606. The first-order valence-corrected chi connectivity index (χ1v) is 12.4. The number of benzene rings is 2. The summed E-state index contributed by atoms with van der Waals surface area (Å²) in [6, 6.07) is 15.7. The molecular formula is C28H31N5O3. The highest BCUT2D eigenvalue weighted by Gasteiger charge is 2.56. The summed E-state index contributed by atoms with van der Waals surface area (Å²) in [5.41, 5.74) is 9.87. The van der Waals surface area contributed by atoms with E-state index in [4.69, 9.17) is 10.5 Å². The Bertz CT molecular complexity index is 1350. The molecule has 0 atom stereocenters. The van der Waals surface area contributed by atoms with E-state index in [2.05, 4.69) is 48.4 Å². The van der Waals surface area contributed by atoms with Crippen LogP contribution in [0.4, 0.5) is 5.69 Å². The van der Waals surface area contributed by atoms with Crippen LogP contribution in [0.15, 0.2) is 48.5 Å². The lowest BCUT2D eigenvalue weighted by molar-refractivity contribution is 0.0966. The van der Waals surface area contributed by atoms with Crippen molar-refractivity contribution in [1.82, 2.24) is 14.7 Å². The number of amides is 2. The molecule has 0 radical (unpaired) electrons. The third-order valence-electron chi connectivity index (χ3n) is 7.99. The van der Waals surface area contributed by atoms with Crippen LogP contribution < -0.4 is 15.4 Å². The first-order valence-electron chi connectivity index (χ1n) is 12.4. The summed E-state index contributed by atoms with van der Waals surface area (Å²) >= 11 is 0. The van der Waals surface area contributed by atoms with E-state index in [1.54, 1.807) is 11.8 Å². The van der Waals surface area contributed by atoms with E-state index < -0.39 is 5.91 Å². The van der Waals surface area contributed by atoms with Crippen LogP contribution in [-0.4, -0.2) is 60.8 Å². The molecule has 1 aliphatic heterocycles. The van der Waals surface area contributed by atoms with Crippen molar-refractivity contribution in [3.63, 3.8) is 0 Å². The molecule has 2 amide bonds. The predicted molar refractivity (Wildman–Crippen MR) is 137 cm³/mol. The molecule has 3 aromatic rings. The van der Waals surface area contributed by atoms with Gasteiger partial charge < -0.3 is 20.3 Å². The van der Waals surface area contributed by atoms with Gasteiger partial charge in [0.2, 0.25) is 0 Å². The number of hydrogen-bond donors (Lipinski definition) is 1. The Morgan fingerprint density at radius 1 is 1.03 bits per heavy atom. The van der Waals surface area contributed by atoms with Crippen LogP contribution in [0.1, 0.15) is 57.8 Å². The molecular weight excluding hydrogens is 454 g/mol. The van der Waals surface area contributed by atoms with E-state index >= 15 is 0 Å². The monoisotopic (exact) mass is 485 g/mol. The molecule has 2 fully saturated rings. The van der Waals surface area contributed by atoms with Gasteiger partial charge in [-0.3, -0.25) is 9.59 Å². The molecule has 2 aliphatic carbocycles. The second-order valence-electron chi connectivity index (χ2n) is 10.8. The maximum Gasteiger partial charge on any atom is 0.277 e. The highest BCUT2D eigenvalue weighted by Crippen LogP contribution is 2.55. The summed E-state index contributed by atoms with van der Waals surface area (Å²) in [5, 5.41) is 4.56. The molecule has 3 aliphatic rings. The third-order valence-corrected chi connectivity index (χ3v) is 7.99. The van der Waals surface area contributed by atoms with Crippen molar-refractivity contribution in [2.45, 2.75) is 36.5 Å². The van der Waals surface area contributed by atoms with Crippen molar-refractivity contribution < 1.29 is 14.3 Å². The molecule has 2 saturated carbocycles. The molecule has 186 valence electrons. The number of rotatable bonds is 7. The van der Waals surface area contributed by atoms with E-state index in [0.717, 1.165) is 25.1 Å². The predicted octanol–water partition coefficient (Wildman–Crippen LogP) is 3.27. The number of nitrogens with zero attached hydrogens (tertiary/aromatic N) is 4. The maximum absolute atomic E-state index is 14.0. The van der Waals surface area contributed by atoms with Gasteiger partial charge in [0.15, 0.2) is 5.69 Å². The number of primary amides is 1. The van der Waals surface area contributed by atoms with Crippen molar-refractivity contribution >= 4 is 17.5 Å². The molecule has 1 spiro atoms. The zero-order chi connectivity index (χ0) is 25.2. The van der Waals surface area contributed by atoms with Crippen LogP contribution in [0, 0.1) is 0 Å². The lowest BCUT2D eigenvalue weighted by atomic mass is 9.87. The Balaban J connectivity index is 1.41. The fourth-order valence-electron chi connectivity index (χ4n) is 5.84.